The van der Waals surface area contributed by atoms with Crippen LogP contribution < -0.4 is 5.73 Å². The fourth-order valence-corrected chi connectivity index (χ4v) is 2.77. The van der Waals surface area contributed by atoms with Gasteiger partial charge in [0.25, 0.3) is 5.91 Å². The second kappa shape index (κ2) is 3.75. The SMILES string of the molecule is CCn1cc(N)cc1C(=O)N1CC(O)(C2CC2)C1. The highest BCUT2D eigenvalue weighted by Crippen LogP contribution is 2.44. The molecule has 0 radical (unpaired) electrons. The van der Waals surface area contributed by atoms with Crippen LogP contribution in [0, 0.1) is 5.92 Å². The first-order valence-corrected chi connectivity index (χ1v) is 6.51. The van der Waals surface area contributed by atoms with Crippen molar-refractivity contribution in [3.05, 3.63) is 18.0 Å². The van der Waals surface area contributed by atoms with E-state index >= 15 is 0 Å². The average Bonchev–Trinajstić information content (AvgIpc) is 3.08. The van der Waals surface area contributed by atoms with Gasteiger partial charge in [-0.1, -0.05) is 0 Å². The number of carbonyl (C=O) groups is 1. The lowest BCUT2D eigenvalue weighted by atomic mass is 9.88. The third kappa shape index (κ3) is 1.70. The molecule has 0 atom stereocenters. The number of nitrogen functional groups attached to an aromatic ring is 1. The molecule has 1 saturated carbocycles. The number of hydrogen-bond donors (Lipinski definition) is 2. The molecule has 1 aliphatic heterocycles. The summed E-state index contributed by atoms with van der Waals surface area (Å²) in [5.41, 5.74) is 6.33. The van der Waals surface area contributed by atoms with Gasteiger partial charge in [-0.25, -0.2) is 0 Å². The molecule has 2 aliphatic rings. The topological polar surface area (TPSA) is 71.5 Å². The molecule has 1 aliphatic carbocycles. The Kier molecular flexibility index (Phi) is 2.41. The Bertz CT molecular complexity index is 484. The number of aryl methyl sites for hydroxylation is 1. The quantitative estimate of drug-likeness (QED) is 0.827. The third-order valence-electron chi connectivity index (χ3n) is 4.03. The Morgan fingerprint density at radius 3 is 2.78 bits per heavy atom. The van der Waals surface area contributed by atoms with Crippen molar-refractivity contribution in [2.45, 2.75) is 31.9 Å². The van der Waals surface area contributed by atoms with Gasteiger partial charge in [-0.05, 0) is 31.7 Å². The van der Waals surface area contributed by atoms with Crippen molar-refractivity contribution in [2.75, 3.05) is 18.8 Å². The highest BCUT2D eigenvalue weighted by atomic mass is 16.3. The number of aromatic nitrogens is 1. The molecule has 98 valence electrons. The predicted molar refractivity (Wildman–Crippen MR) is 68.1 cm³/mol. The minimum absolute atomic E-state index is 0.0288. The summed E-state index contributed by atoms with van der Waals surface area (Å²) in [7, 11) is 0. The molecule has 0 aromatic carbocycles. The average molecular weight is 249 g/mol. The van der Waals surface area contributed by atoms with Crippen LogP contribution >= 0.6 is 0 Å². The van der Waals surface area contributed by atoms with Crippen LogP contribution in [-0.4, -0.2) is 39.2 Å². The van der Waals surface area contributed by atoms with Crippen LogP contribution in [0.3, 0.4) is 0 Å². The summed E-state index contributed by atoms with van der Waals surface area (Å²) in [5.74, 6) is 0.378. The molecule has 1 aromatic heterocycles. The maximum atomic E-state index is 12.3. The molecular formula is C13H19N3O2. The van der Waals surface area contributed by atoms with Gasteiger partial charge in [0, 0.05) is 12.7 Å². The van der Waals surface area contributed by atoms with Gasteiger partial charge in [-0.15, -0.1) is 0 Å². The van der Waals surface area contributed by atoms with E-state index < -0.39 is 5.60 Å². The molecular weight excluding hydrogens is 230 g/mol. The Morgan fingerprint density at radius 1 is 1.56 bits per heavy atom. The van der Waals surface area contributed by atoms with Crippen LogP contribution in [0.4, 0.5) is 5.69 Å². The number of rotatable bonds is 3. The number of β-amino-alcohol motifs (C(OH)–C–C–N with tert-alkyl or cyclic N) is 1. The molecule has 18 heavy (non-hydrogen) atoms. The van der Waals surface area contributed by atoms with Crippen molar-refractivity contribution in [2.24, 2.45) is 5.92 Å². The minimum atomic E-state index is -0.620. The largest absolute Gasteiger partial charge is 0.397 e. The van der Waals surface area contributed by atoms with Crippen molar-refractivity contribution in [3.63, 3.8) is 0 Å². The van der Waals surface area contributed by atoms with Gasteiger partial charge in [0.2, 0.25) is 0 Å². The van der Waals surface area contributed by atoms with Gasteiger partial charge in [0.1, 0.15) is 11.3 Å². The number of amides is 1. The molecule has 5 nitrogen and oxygen atoms in total. The Balaban J connectivity index is 1.72. The maximum absolute atomic E-state index is 12.3. The molecule has 3 rings (SSSR count). The van der Waals surface area contributed by atoms with Gasteiger partial charge < -0.3 is 20.3 Å². The number of carbonyl (C=O) groups excluding carboxylic acids is 1. The summed E-state index contributed by atoms with van der Waals surface area (Å²) in [6.45, 7) is 3.63. The van der Waals surface area contributed by atoms with E-state index in [9.17, 15) is 9.90 Å². The molecule has 0 unspecified atom stereocenters. The first-order valence-electron chi connectivity index (χ1n) is 6.51. The van der Waals surface area contributed by atoms with E-state index in [4.69, 9.17) is 5.73 Å². The number of likely N-dealkylation sites (tertiary alicyclic amines) is 1. The zero-order chi connectivity index (χ0) is 12.9. The lowest BCUT2D eigenvalue weighted by molar-refractivity contribution is -0.0960. The van der Waals surface area contributed by atoms with E-state index in [1.807, 2.05) is 11.5 Å². The van der Waals surface area contributed by atoms with E-state index in [1.54, 1.807) is 17.2 Å². The van der Waals surface area contributed by atoms with Gasteiger partial charge in [0.05, 0.1) is 18.8 Å². The molecule has 2 fully saturated rings. The lowest BCUT2D eigenvalue weighted by Gasteiger charge is -2.46. The van der Waals surface area contributed by atoms with Crippen LogP contribution in [0.25, 0.3) is 0 Å². The predicted octanol–water partition coefficient (Wildman–Crippen LogP) is 0.687. The second-order valence-corrected chi connectivity index (χ2v) is 5.48. The van der Waals surface area contributed by atoms with Crippen LogP contribution in [-0.2, 0) is 6.54 Å². The molecule has 1 aromatic rings. The molecule has 0 spiro atoms. The fraction of sp³-hybridized carbons (Fsp3) is 0.615. The zero-order valence-electron chi connectivity index (χ0n) is 10.6. The van der Waals surface area contributed by atoms with Crippen molar-refractivity contribution in [1.82, 2.24) is 9.47 Å². The normalized spacial score (nSPS) is 21.8. The first-order chi connectivity index (χ1) is 8.53. The lowest BCUT2D eigenvalue weighted by Crippen LogP contribution is -2.64. The van der Waals surface area contributed by atoms with Crippen molar-refractivity contribution in [1.29, 1.82) is 0 Å². The van der Waals surface area contributed by atoms with Gasteiger partial charge in [-0.2, -0.15) is 0 Å². The number of nitrogens with two attached hydrogens (primary N) is 1. The molecule has 0 bridgehead atoms. The summed E-state index contributed by atoms with van der Waals surface area (Å²) >= 11 is 0. The second-order valence-electron chi connectivity index (χ2n) is 5.48. The molecule has 3 N–H and O–H groups in total. The summed E-state index contributed by atoms with van der Waals surface area (Å²) in [6.07, 6.45) is 3.97. The highest BCUT2D eigenvalue weighted by molar-refractivity contribution is 5.94. The fourth-order valence-electron chi connectivity index (χ4n) is 2.77. The van der Waals surface area contributed by atoms with E-state index in [0.717, 1.165) is 19.4 Å². The number of aliphatic hydroxyl groups is 1. The van der Waals surface area contributed by atoms with Crippen molar-refractivity contribution in [3.8, 4) is 0 Å². The summed E-state index contributed by atoms with van der Waals surface area (Å²) in [5, 5.41) is 10.2. The Morgan fingerprint density at radius 2 is 2.22 bits per heavy atom. The summed E-state index contributed by atoms with van der Waals surface area (Å²) in [4.78, 5) is 14.0. The Labute approximate surface area is 106 Å². The summed E-state index contributed by atoms with van der Waals surface area (Å²) < 4.78 is 1.85. The standard InChI is InChI=1S/C13H19N3O2/c1-2-15-6-10(14)5-11(15)12(17)16-7-13(18,8-16)9-3-4-9/h5-6,9,18H,2-4,7-8,14H2,1H3. The van der Waals surface area contributed by atoms with E-state index in [0.29, 0.717) is 30.4 Å². The van der Waals surface area contributed by atoms with Crippen LogP contribution in [0.1, 0.15) is 30.3 Å². The maximum Gasteiger partial charge on any atom is 0.270 e. The minimum Gasteiger partial charge on any atom is -0.397 e. The smallest absolute Gasteiger partial charge is 0.270 e. The first kappa shape index (κ1) is 11.6. The monoisotopic (exact) mass is 249 g/mol. The number of hydrogen-bond acceptors (Lipinski definition) is 3. The summed E-state index contributed by atoms with van der Waals surface area (Å²) in [6, 6.07) is 1.71. The van der Waals surface area contributed by atoms with Gasteiger partial charge >= 0.3 is 0 Å². The van der Waals surface area contributed by atoms with Gasteiger partial charge in [0.15, 0.2) is 0 Å². The number of nitrogens with zero attached hydrogens (tertiary/aromatic N) is 2. The van der Waals surface area contributed by atoms with Crippen LogP contribution in [0.2, 0.25) is 0 Å². The molecule has 1 amide bonds. The van der Waals surface area contributed by atoms with E-state index in [2.05, 4.69) is 0 Å². The molecule has 5 heteroatoms. The van der Waals surface area contributed by atoms with Gasteiger partial charge in [-0.3, -0.25) is 4.79 Å². The van der Waals surface area contributed by atoms with Crippen LogP contribution in [0.5, 0.6) is 0 Å². The zero-order valence-corrected chi connectivity index (χ0v) is 10.6. The third-order valence-corrected chi connectivity index (χ3v) is 4.03. The van der Waals surface area contributed by atoms with Crippen molar-refractivity contribution >= 4 is 11.6 Å². The highest BCUT2D eigenvalue weighted by Gasteiger charge is 2.53. The van der Waals surface area contributed by atoms with Crippen LogP contribution in [0.15, 0.2) is 12.3 Å². The Hall–Kier alpha value is -1.49. The molecule has 1 saturated heterocycles. The van der Waals surface area contributed by atoms with E-state index in [-0.39, 0.29) is 5.91 Å². The number of anilines is 1. The van der Waals surface area contributed by atoms with E-state index in [1.165, 1.54) is 0 Å². The molecule has 2 heterocycles. The van der Waals surface area contributed by atoms with Crippen molar-refractivity contribution < 1.29 is 9.90 Å².